The lowest BCUT2D eigenvalue weighted by Gasteiger charge is -2.26. The number of hydrogen-bond donors (Lipinski definition) is 1. The molecule has 0 saturated carbocycles. The molecule has 0 amide bonds. The van der Waals surface area contributed by atoms with Gasteiger partial charge in [0.05, 0.1) is 0 Å². The zero-order chi connectivity index (χ0) is 17.5. The molecule has 2 fully saturated rings. The number of hydrogen-bond acceptors (Lipinski definition) is 5. The van der Waals surface area contributed by atoms with Crippen molar-refractivity contribution < 1.29 is 0 Å². The predicted molar refractivity (Wildman–Crippen MR) is 105 cm³/mol. The van der Waals surface area contributed by atoms with Crippen LogP contribution < -0.4 is 10.2 Å². The Kier molecular flexibility index (Phi) is 6.91. The molecule has 1 aromatic heterocycles. The smallest absolute Gasteiger partial charge is 0.224 e. The summed E-state index contributed by atoms with van der Waals surface area (Å²) < 4.78 is 0. The first kappa shape index (κ1) is 18.4. The van der Waals surface area contributed by atoms with E-state index in [1.807, 2.05) is 6.20 Å². The molecule has 25 heavy (non-hydrogen) atoms. The van der Waals surface area contributed by atoms with Gasteiger partial charge in [-0.2, -0.15) is 4.98 Å². The predicted octanol–water partition coefficient (Wildman–Crippen LogP) is 3.92. The first-order valence-electron chi connectivity index (χ1n) is 10.4. The summed E-state index contributed by atoms with van der Waals surface area (Å²) in [5, 5.41) is 3.60. The van der Waals surface area contributed by atoms with Crippen molar-refractivity contribution in [2.24, 2.45) is 0 Å². The Morgan fingerprint density at radius 2 is 1.96 bits per heavy atom. The van der Waals surface area contributed by atoms with E-state index in [9.17, 15) is 0 Å². The maximum absolute atomic E-state index is 4.81. The van der Waals surface area contributed by atoms with Crippen LogP contribution in [0.15, 0.2) is 12.3 Å². The van der Waals surface area contributed by atoms with Gasteiger partial charge in [-0.15, -0.1) is 0 Å². The molecule has 5 heteroatoms. The second kappa shape index (κ2) is 9.37. The van der Waals surface area contributed by atoms with E-state index >= 15 is 0 Å². The Bertz CT molecular complexity index is 513. The van der Waals surface area contributed by atoms with Gasteiger partial charge in [0.15, 0.2) is 0 Å². The fourth-order valence-corrected chi connectivity index (χ4v) is 4.29. The van der Waals surface area contributed by atoms with Gasteiger partial charge in [-0.1, -0.05) is 33.1 Å². The summed E-state index contributed by atoms with van der Waals surface area (Å²) in [6.07, 6.45) is 12.2. The van der Waals surface area contributed by atoms with Crippen molar-refractivity contribution in [1.29, 1.82) is 0 Å². The van der Waals surface area contributed by atoms with E-state index in [-0.39, 0.29) is 0 Å². The summed E-state index contributed by atoms with van der Waals surface area (Å²) in [7, 11) is 0. The zero-order valence-corrected chi connectivity index (χ0v) is 16.1. The molecule has 140 valence electrons. The monoisotopic (exact) mass is 345 g/mol. The third-order valence-electron chi connectivity index (χ3n) is 5.73. The van der Waals surface area contributed by atoms with Gasteiger partial charge < -0.3 is 10.2 Å². The topological polar surface area (TPSA) is 44.3 Å². The lowest BCUT2D eigenvalue weighted by molar-refractivity contribution is 0.221. The lowest BCUT2D eigenvalue weighted by atomic mass is 10.1. The van der Waals surface area contributed by atoms with Crippen molar-refractivity contribution >= 4 is 11.8 Å². The van der Waals surface area contributed by atoms with Gasteiger partial charge in [0, 0.05) is 44.5 Å². The van der Waals surface area contributed by atoms with Crippen LogP contribution in [0, 0.1) is 0 Å². The Balaban J connectivity index is 1.57. The molecule has 0 aromatic carbocycles. The minimum absolute atomic E-state index is 0.477. The number of rotatable bonds is 7. The van der Waals surface area contributed by atoms with Crippen molar-refractivity contribution in [3.63, 3.8) is 0 Å². The standard InChI is InChI=1S/C20H35N5/c1-3-9-18(4-2)25-15-11-17(16-25)22-20-21-12-10-19(23-20)24-13-7-5-6-8-14-24/h10,12,17-18H,3-9,11,13-16H2,1-2H3,(H,21,22,23). The van der Waals surface area contributed by atoms with Crippen molar-refractivity contribution in [1.82, 2.24) is 14.9 Å². The van der Waals surface area contributed by atoms with Crippen molar-refractivity contribution in [3.8, 4) is 0 Å². The molecule has 2 aliphatic rings. The molecule has 3 rings (SSSR count). The Hall–Kier alpha value is -1.36. The van der Waals surface area contributed by atoms with Crippen LogP contribution in [0.4, 0.5) is 11.8 Å². The number of aromatic nitrogens is 2. The van der Waals surface area contributed by atoms with E-state index < -0.39 is 0 Å². The van der Waals surface area contributed by atoms with Gasteiger partial charge in [0.1, 0.15) is 5.82 Å². The summed E-state index contributed by atoms with van der Waals surface area (Å²) in [5.41, 5.74) is 0. The summed E-state index contributed by atoms with van der Waals surface area (Å²) >= 11 is 0. The molecule has 2 aliphatic heterocycles. The second-order valence-electron chi connectivity index (χ2n) is 7.62. The number of nitrogens with zero attached hydrogens (tertiary/aromatic N) is 4. The SMILES string of the molecule is CCCC(CC)N1CCC(Nc2nccc(N3CCCCCC3)n2)C1. The van der Waals surface area contributed by atoms with Crippen LogP contribution >= 0.6 is 0 Å². The second-order valence-corrected chi connectivity index (χ2v) is 7.62. The average molecular weight is 346 g/mol. The van der Waals surface area contributed by atoms with Crippen LogP contribution in [0.2, 0.25) is 0 Å². The van der Waals surface area contributed by atoms with Gasteiger partial charge in [0.25, 0.3) is 0 Å². The summed E-state index contributed by atoms with van der Waals surface area (Å²) in [6.45, 7) is 9.18. The maximum atomic E-state index is 4.81. The number of anilines is 2. The molecule has 5 nitrogen and oxygen atoms in total. The van der Waals surface area contributed by atoms with E-state index in [2.05, 4.69) is 40.0 Å². The highest BCUT2D eigenvalue weighted by molar-refractivity contribution is 5.43. The highest BCUT2D eigenvalue weighted by Gasteiger charge is 2.27. The van der Waals surface area contributed by atoms with E-state index in [0.29, 0.717) is 6.04 Å². The molecule has 0 bridgehead atoms. The fraction of sp³-hybridized carbons (Fsp3) is 0.800. The van der Waals surface area contributed by atoms with Crippen molar-refractivity contribution in [2.45, 2.75) is 77.3 Å². The molecule has 1 aromatic rings. The summed E-state index contributed by atoms with van der Waals surface area (Å²) in [4.78, 5) is 14.4. The number of likely N-dealkylation sites (tertiary alicyclic amines) is 1. The van der Waals surface area contributed by atoms with Crippen LogP contribution in [0.1, 0.15) is 65.2 Å². The van der Waals surface area contributed by atoms with E-state index in [4.69, 9.17) is 4.98 Å². The molecule has 2 atom stereocenters. The van der Waals surface area contributed by atoms with Gasteiger partial charge in [0.2, 0.25) is 5.95 Å². The van der Waals surface area contributed by atoms with E-state index in [1.165, 1.54) is 57.9 Å². The summed E-state index contributed by atoms with van der Waals surface area (Å²) in [5.74, 6) is 1.89. The molecule has 0 aliphatic carbocycles. The Morgan fingerprint density at radius 3 is 2.68 bits per heavy atom. The molecule has 0 radical (unpaired) electrons. The average Bonchev–Trinajstić information content (AvgIpc) is 2.92. The van der Waals surface area contributed by atoms with Gasteiger partial charge >= 0.3 is 0 Å². The fourth-order valence-electron chi connectivity index (χ4n) is 4.29. The van der Waals surface area contributed by atoms with Gasteiger partial charge in [-0.3, -0.25) is 4.90 Å². The Labute approximate surface area is 153 Å². The molecule has 2 saturated heterocycles. The van der Waals surface area contributed by atoms with Crippen LogP contribution in [-0.4, -0.2) is 53.1 Å². The first-order valence-corrected chi connectivity index (χ1v) is 10.4. The quantitative estimate of drug-likeness (QED) is 0.811. The largest absolute Gasteiger partial charge is 0.356 e. The minimum atomic E-state index is 0.477. The Morgan fingerprint density at radius 1 is 1.16 bits per heavy atom. The van der Waals surface area contributed by atoms with Gasteiger partial charge in [-0.25, -0.2) is 4.98 Å². The zero-order valence-electron chi connectivity index (χ0n) is 16.1. The first-order chi connectivity index (χ1) is 12.3. The third kappa shape index (κ3) is 5.06. The molecule has 3 heterocycles. The highest BCUT2D eigenvalue weighted by Crippen LogP contribution is 2.22. The van der Waals surface area contributed by atoms with Crippen LogP contribution in [0.25, 0.3) is 0 Å². The summed E-state index contributed by atoms with van der Waals surface area (Å²) in [6, 6.07) is 3.28. The molecule has 2 unspecified atom stereocenters. The normalized spacial score (nSPS) is 23.4. The molecular weight excluding hydrogens is 310 g/mol. The highest BCUT2D eigenvalue weighted by atomic mass is 15.3. The van der Waals surface area contributed by atoms with E-state index in [1.54, 1.807) is 0 Å². The molecule has 1 N–H and O–H groups in total. The third-order valence-corrected chi connectivity index (χ3v) is 5.73. The van der Waals surface area contributed by atoms with Crippen molar-refractivity contribution in [3.05, 3.63) is 12.3 Å². The van der Waals surface area contributed by atoms with Gasteiger partial charge in [-0.05, 0) is 38.2 Å². The lowest BCUT2D eigenvalue weighted by Crippen LogP contribution is -2.35. The minimum Gasteiger partial charge on any atom is -0.356 e. The van der Waals surface area contributed by atoms with Crippen molar-refractivity contribution in [2.75, 3.05) is 36.4 Å². The molecule has 0 spiro atoms. The maximum Gasteiger partial charge on any atom is 0.224 e. The van der Waals surface area contributed by atoms with Crippen LogP contribution in [0.3, 0.4) is 0 Å². The van der Waals surface area contributed by atoms with Crippen LogP contribution in [0.5, 0.6) is 0 Å². The molecular formula is C20H35N5. The number of nitrogens with one attached hydrogen (secondary N) is 1. The van der Waals surface area contributed by atoms with Crippen LogP contribution in [-0.2, 0) is 0 Å². The van der Waals surface area contributed by atoms with E-state index in [0.717, 1.165) is 37.4 Å².